The first kappa shape index (κ1) is 60.4. The lowest BCUT2D eigenvalue weighted by molar-refractivity contribution is -0.242. The Morgan fingerprint density at radius 1 is 0.364 bits per heavy atom. The third-order valence-electron chi connectivity index (χ3n) is 14.5. The number of nitrogens with zero attached hydrogens (tertiary/aromatic N) is 16. The molecule has 8 aromatic rings. The number of phosphoric acid groups is 4. The topological polar surface area (TPSA) is 631 Å². The highest BCUT2D eigenvalue weighted by atomic mass is 31.2. The maximum atomic E-state index is 14.1. The van der Waals surface area contributed by atoms with E-state index in [0.717, 1.165) is 68.9 Å². The number of fused-ring (bicyclic) bond motifs is 8. The maximum absolute atomic E-state index is 14.1. The summed E-state index contributed by atoms with van der Waals surface area (Å²) in [4.78, 5) is 105. The Hall–Kier alpha value is -6.48. The van der Waals surface area contributed by atoms with Crippen LogP contribution in [0, 0.1) is 0 Å². The Kier molecular flexibility index (Phi) is 15.6. The Bertz CT molecular complexity index is 3650. The lowest BCUT2D eigenvalue weighted by Gasteiger charge is -2.34. The monoisotopic (exact) mass is 1310 g/mol. The van der Waals surface area contributed by atoms with Gasteiger partial charge in [-0.05, 0) is 0 Å². The van der Waals surface area contributed by atoms with Gasteiger partial charge in [0, 0.05) is 0 Å². The first-order valence-electron chi connectivity index (χ1n) is 25.5. The molecule has 88 heavy (non-hydrogen) atoms. The zero-order valence-corrected chi connectivity index (χ0v) is 47.5. The molecule has 5 aliphatic rings. The van der Waals surface area contributed by atoms with Gasteiger partial charge in [-0.2, -0.15) is 0 Å². The minimum absolute atomic E-state index is 0.0217. The molecule has 4 unspecified atom stereocenters. The van der Waals surface area contributed by atoms with E-state index in [-0.39, 0.29) is 67.9 Å². The van der Waals surface area contributed by atoms with E-state index in [2.05, 4.69) is 59.8 Å². The van der Waals surface area contributed by atoms with Crippen molar-refractivity contribution < 1.29 is 113 Å². The number of hydrogen-bond acceptors (Lipinski definition) is 40. The molecule has 5 aliphatic heterocycles. The SMILES string of the molecule is Nc1ncnc2c1ncn2[C@@H]1O[C@@H]2COP(=O)([O-])O[C@H]3[C@@H](O)[C@H](n4cnc5c(N)ncnc54)O[C@@H]3COP(=O)([O-])O[C@H]3[C@@H](O)[C@H](n4cnc5c(N)ncnc54)O[C@@H]3COP(=O)([O-])O[C@H]3[C@@H](O)[C@H](n4cnc5c(N)ncnc54)O[C@@H]3COP(=O)([O-])O[C@H]2[C@H]1O. The number of phosphoric ester groups is 4. The Morgan fingerprint density at radius 3 is 0.773 bits per heavy atom. The third kappa shape index (κ3) is 11.2. The van der Waals surface area contributed by atoms with Gasteiger partial charge in [0.2, 0.25) is 0 Å². The summed E-state index contributed by atoms with van der Waals surface area (Å²) in [5, 5.41) is 47.4. The lowest BCUT2D eigenvalue weighted by atomic mass is 10.1. The number of aliphatic hydroxyl groups excluding tert-OH is 4. The predicted octanol–water partition coefficient (Wildman–Crippen LogP) is -5.80. The molecule has 0 radical (unpaired) electrons. The molecular weight excluding hydrogens is 1270 g/mol. The van der Waals surface area contributed by atoms with Gasteiger partial charge in [-0.25, -0.2) is 59.8 Å². The number of anilines is 4. The second-order valence-corrected chi connectivity index (χ2v) is 25.3. The Balaban J connectivity index is 0.853. The average Bonchev–Trinajstić information content (AvgIpc) is 1.78. The van der Waals surface area contributed by atoms with E-state index in [1.54, 1.807) is 0 Å². The number of rotatable bonds is 4. The summed E-state index contributed by atoms with van der Waals surface area (Å²) >= 11 is 0. The highest BCUT2D eigenvalue weighted by Gasteiger charge is 2.54. The first-order chi connectivity index (χ1) is 41.8. The van der Waals surface area contributed by atoms with Crippen molar-refractivity contribution in [3.05, 3.63) is 50.6 Å². The highest BCUT2D eigenvalue weighted by Crippen LogP contribution is 2.53. The van der Waals surface area contributed by atoms with E-state index in [9.17, 15) is 58.3 Å². The van der Waals surface area contributed by atoms with Crippen LogP contribution in [-0.4, -0.2) is 198 Å². The van der Waals surface area contributed by atoms with Gasteiger partial charge in [-0.3, -0.25) is 36.5 Å². The van der Waals surface area contributed by atoms with Crippen molar-refractivity contribution in [2.24, 2.45) is 0 Å². The molecule has 472 valence electrons. The van der Waals surface area contributed by atoms with Crippen molar-refractivity contribution >= 4 is 99.2 Å². The van der Waals surface area contributed by atoms with Crippen molar-refractivity contribution in [1.82, 2.24) is 78.1 Å². The highest BCUT2D eigenvalue weighted by molar-refractivity contribution is 7.46. The normalized spacial score (nSPS) is 38.3. The molecule has 0 bridgehead atoms. The molecule has 13 heterocycles. The van der Waals surface area contributed by atoms with Crippen molar-refractivity contribution in [2.45, 2.75) is 98.2 Å². The number of aliphatic hydroxyl groups is 4. The summed E-state index contributed by atoms with van der Waals surface area (Å²) < 4.78 is 127. The zero-order chi connectivity index (χ0) is 61.9. The van der Waals surface area contributed by atoms with E-state index < -0.39 is 156 Å². The number of aromatic nitrogens is 16. The van der Waals surface area contributed by atoms with Gasteiger partial charge >= 0.3 is 0 Å². The Morgan fingerprint density at radius 2 is 0.568 bits per heavy atom. The molecule has 44 nitrogen and oxygen atoms in total. The molecule has 8 aromatic heterocycles. The molecule has 5 saturated heterocycles. The molecule has 0 spiro atoms. The summed E-state index contributed by atoms with van der Waals surface area (Å²) in [7, 11) is -23.9. The molecule has 12 N–H and O–H groups in total. The van der Waals surface area contributed by atoms with Gasteiger partial charge in [0.1, 0.15) is 121 Å². The van der Waals surface area contributed by atoms with Crippen LogP contribution in [0.2, 0.25) is 0 Å². The van der Waals surface area contributed by atoms with Gasteiger partial charge < -0.3 is 118 Å². The van der Waals surface area contributed by atoms with Crippen molar-refractivity contribution in [3.63, 3.8) is 0 Å². The molecule has 0 saturated carbocycles. The second-order valence-electron chi connectivity index (χ2n) is 19.8. The second kappa shape index (κ2) is 22.8. The number of ether oxygens (including phenoxy) is 4. The fourth-order valence-electron chi connectivity index (χ4n) is 10.5. The molecule has 0 aromatic carbocycles. The van der Waals surface area contributed by atoms with E-state index in [1.807, 2.05) is 0 Å². The van der Waals surface area contributed by atoms with Gasteiger partial charge in [-0.15, -0.1) is 0 Å². The van der Waals surface area contributed by atoms with Crippen LogP contribution in [-0.2, 0) is 73.4 Å². The largest absolute Gasteiger partial charge is 0.756 e. The van der Waals surface area contributed by atoms with E-state index in [0.29, 0.717) is 0 Å². The van der Waals surface area contributed by atoms with Crippen LogP contribution >= 0.6 is 31.3 Å². The van der Waals surface area contributed by atoms with Crippen molar-refractivity contribution in [3.8, 4) is 0 Å². The quantitative estimate of drug-likeness (QED) is 0.0761. The van der Waals surface area contributed by atoms with Gasteiger partial charge in [-0.1, -0.05) is 0 Å². The smallest absolute Gasteiger partial charge is 0.268 e. The summed E-state index contributed by atoms with van der Waals surface area (Å²) in [5.41, 5.74) is 23.5. The van der Waals surface area contributed by atoms with Gasteiger partial charge in [0.05, 0.1) is 51.7 Å². The van der Waals surface area contributed by atoms with Crippen molar-refractivity contribution in [2.75, 3.05) is 49.4 Å². The minimum atomic E-state index is -5.96. The molecule has 5 fully saturated rings. The molecule has 13 rings (SSSR count). The van der Waals surface area contributed by atoms with Gasteiger partial charge in [0.15, 0.2) is 70.8 Å². The summed E-state index contributed by atoms with van der Waals surface area (Å²) in [6.07, 6.45) is -24.1. The number of imidazole rings is 4. The van der Waals surface area contributed by atoms with E-state index in [1.165, 1.54) is 0 Å². The summed E-state index contributed by atoms with van der Waals surface area (Å²) in [6, 6.07) is 0. The Labute approximate surface area is 487 Å². The van der Waals surface area contributed by atoms with Crippen LogP contribution in [0.4, 0.5) is 23.3 Å². The molecule has 48 heteroatoms. The molecule has 0 amide bonds. The van der Waals surface area contributed by atoms with Crippen LogP contribution in [0.5, 0.6) is 0 Å². The third-order valence-corrected chi connectivity index (χ3v) is 18.3. The van der Waals surface area contributed by atoms with Gasteiger partial charge in [0.25, 0.3) is 31.3 Å². The van der Waals surface area contributed by atoms with E-state index >= 15 is 0 Å². The average molecular weight is 1310 g/mol. The summed E-state index contributed by atoms with van der Waals surface area (Å²) in [5.74, 6) is -0.552. The fourth-order valence-corrected chi connectivity index (χ4v) is 14.3. The standard InChI is InChI=1S/C40H48N20O24P4/c41-29-17-33(49-5-45-29)57(9-53-17)37-21(61)25-13(77-37)1-73-85(65,66)82-26-14(78-38(22(26)62)58-10-54-18-30(42)46-6-50-34(18)58)2-75-87(69,70)84-28-16(80-40(24(28)64)60-12-56-20-32(44)48-8-52-36(20)60)4-76-88(71,72)83-27-15(3-74-86(67,68)81-25)79-39(23(27)63)59-11-55-19-31(43)47-7-51-35(19)59/h5-16,21-28,37-40,61-64H,1-4H2,(H,65,66)(H,67,68)(H,69,70)(H,71,72)(H2,41,45,49)(H2,42,46,50)(H2,43,47,51)(H2,44,48,52)/p-4/t13-,14-,15-,16-,21-,22-,23-,24-,25-,26-,27-,28-,37-,38-,39-,40-/m1/s1. The molecular formula is C40H44N20O24P4-4. The zero-order valence-electron chi connectivity index (χ0n) is 43.9. The van der Waals surface area contributed by atoms with Crippen LogP contribution in [0.25, 0.3) is 44.7 Å². The van der Waals surface area contributed by atoms with Crippen molar-refractivity contribution in [1.29, 1.82) is 0 Å². The van der Waals surface area contributed by atoms with E-state index in [4.69, 9.17) is 78.1 Å². The fraction of sp³-hybridized carbons (Fsp3) is 0.500. The van der Waals surface area contributed by atoms with Crippen LogP contribution < -0.4 is 42.5 Å². The first-order valence-corrected chi connectivity index (χ1v) is 31.3. The number of hydrogen-bond donors (Lipinski definition) is 8. The lowest BCUT2D eigenvalue weighted by Crippen LogP contribution is -2.41. The van der Waals surface area contributed by atoms with Crippen LogP contribution in [0.3, 0.4) is 0 Å². The number of nitrogens with two attached hydrogens (primary N) is 4. The molecule has 20 atom stereocenters. The predicted molar refractivity (Wildman–Crippen MR) is 272 cm³/mol. The summed E-state index contributed by atoms with van der Waals surface area (Å²) in [6.45, 7) is -5.19. The maximum Gasteiger partial charge on any atom is 0.268 e. The van der Waals surface area contributed by atoms with Crippen LogP contribution in [0.15, 0.2) is 50.6 Å². The van der Waals surface area contributed by atoms with Crippen LogP contribution in [0.1, 0.15) is 24.9 Å². The molecule has 0 aliphatic carbocycles. The minimum Gasteiger partial charge on any atom is -0.756 e. The number of nitrogen functional groups attached to an aromatic ring is 4.